The Bertz CT molecular complexity index is 547. The fourth-order valence-corrected chi connectivity index (χ4v) is 2.75. The molecular formula is C14H22N2O4S. The smallest absolute Gasteiger partial charge is 0.308 e. The maximum absolute atomic E-state index is 11.7. The van der Waals surface area contributed by atoms with Gasteiger partial charge in [-0.2, -0.15) is 0 Å². The van der Waals surface area contributed by atoms with Crippen molar-refractivity contribution in [3.8, 4) is 0 Å². The predicted molar refractivity (Wildman–Crippen MR) is 81.5 cm³/mol. The van der Waals surface area contributed by atoms with E-state index in [1.165, 1.54) is 0 Å². The van der Waals surface area contributed by atoms with E-state index in [-0.39, 0.29) is 29.7 Å². The summed E-state index contributed by atoms with van der Waals surface area (Å²) in [5, 5.41) is 13.5. The Hall–Kier alpha value is -1.63. The topological polar surface area (TPSA) is 88.4 Å². The molecule has 1 rings (SSSR count). The minimum Gasteiger partial charge on any atom is -0.481 e. The fourth-order valence-electron chi connectivity index (χ4n) is 1.99. The van der Waals surface area contributed by atoms with Crippen molar-refractivity contribution < 1.29 is 14.7 Å². The highest BCUT2D eigenvalue weighted by Gasteiger charge is 2.21. The van der Waals surface area contributed by atoms with Crippen molar-refractivity contribution in [1.82, 2.24) is 9.88 Å². The Kier molecular flexibility index (Phi) is 6.61. The molecule has 21 heavy (non-hydrogen) atoms. The number of aryl methyl sites for hydroxylation is 1. The lowest BCUT2D eigenvalue weighted by Crippen LogP contribution is -2.35. The van der Waals surface area contributed by atoms with Crippen molar-refractivity contribution in [3.05, 3.63) is 20.7 Å². The number of aliphatic carboxylic acids is 1. The van der Waals surface area contributed by atoms with Gasteiger partial charge in [-0.1, -0.05) is 25.2 Å². The fraction of sp³-hybridized carbons (Fsp3) is 0.643. The summed E-state index contributed by atoms with van der Waals surface area (Å²) >= 11 is 1.15. The van der Waals surface area contributed by atoms with E-state index in [0.717, 1.165) is 17.0 Å². The van der Waals surface area contributed by atoms with Crippen LogP contribution >= 0.6 is 11.3 Å². The lowest BCUT2D eigenvalue weighted by molar-refractivity contribution is -0.143. The maximum Gasteiger partial charge on any atom is 0.308 e. The van der Waals surface area contributed by atoms with Gasteiger partial charge in [0.1, 0.15) is 0 Å². The summed E-state index contributed by atoms with van der Waals surface area (Å²) in [5.74, 6) is -1.68. The van der Waals surface area contributed by atoms with Gasteiger partial charge in [-0.15, -0.1) is 0 Å². The number of nitrogens with zero attached hydrogens (tertiary/aromatic N) is 1. The van der Waals surface area contributed by atoms with E-state index in [1.54, 1.807) is 9.95 Å². The first-order valence-corrected chi connectivity index (χ1v) is 7.85. The third kappa shape index (κ3) is 5.34. The first-order valence-electron chi connectivity index (χ1n) is 6.97. The Labute approximate surface area is 127 Å². The van der Waals surface area contributed by atoms with Crippen molar-refractivity contribution in [2.24, 2.45) is 11.8 Å². The van der Waals surface area contributed by atoms with Gasteiger partial charge in [0.25, 0.3) is 0 Å². The summed E-state index contributed by atoms with van der Waals surface area (Å²) < 4.78 is 1.64. The molecule has 0 aliphatic rings. The SMILES string of the molecule is Cc1csc(=O)n1CCCC(=O)NCC(C(=O)O)C(C)C. The third-order valence-corrected chi connectivity index (χ3v) is 4.28. The van der Waals surface area contributed by atoms with Crippen LogP contribution in [0.1, 0.15) is 32.4 Å². The number of aromatic nitrogens is 1. The molecule has 2 N–H and O–H groups in total. The molecule has 1 aromatic heterocycles. The van der Waals surface area contributed by atoms with Gasteiger partial charge < -0.3 is 15.0 Å². The number of thiazole rings is 1. The largest absolute Gasteiger partial charge is 0.481 e. The highest BCUT2D eigenvalue weighted by Crippen LogP contribution is 2.10. The highest BCUT2D eigenvalue weighted by molar-refractivity contribution is 7.07. The average molecular weight is 314 g/mol. The number of hydrogen-bond acceptors (Lipinski definition) is 4. The standard InChI is InChI=1S/C14H22N2O4S/c1-9(2)11(13(18)19)7-15-12(17)5-4-6-16-10(3)8-21-14(16)20/h8-9,11H,4-7H2,1-3H3,(H,15,17)(H,18,19). The van der Waals surface area contributed by atoms with Gasteiger partial charge in [0.05, 0.1) is 5.92 Å². The van der Waals surface area contributed by atoms with Gasteiger partial charge in [-0.3, -0.25) is 14.4 Å². The molecule has 1 aromatic rings. The monoisotopic (exact) mass is 314 g/mol. The Morgan fingerprint density at radius 2 is 2.10 bits per heavy atom. The van der Waals surface area contributed by atoms with Crippen LogP contribution in [0.2, 0.25) is 0 Å². The van der Waals surface area contributed by atoms with Crippen LogP contribution in [-0.4, -0.2) is 28.1 Å². The zero-order valence-corrected chi connectivity index (χ0v) is 13.4. The van der Waals surface area contributed by atoms with Crippen LogP contribution in [0.25, 0.3) is 0 Å². The second-order valence-electron chi connectivity index (χ2n) is 5.39. The van der Waals surface area contributed by atoms with Crippen LogP contribution in [0.3, 0.4) is 0 Å². The second kappa shape index (κ2) is 7.97. The summed E-state index contributed by atoms with van der Waals surface area (Å²) in [6.45, 7) is 6.14. The van der Waals surface area contributed by atoms with E-state index in [0.29, 0.717) is 13.0 Å². The molecule has 0 radical (unpaired) electrons. The summed E-state index contributed by atoms with van der Waals surface area (Å²) in [4.78, 5) is 34.2. The van der Waals surface area contributed by atoms with E-state index >= 15 is 0 Å². The quantitative estimate of drug-likeness (QED) is 0.760. The Balaban J connectivity index is 2.35. The molecule has 1 amide bonds. The molecule has 1 unspecified atom stereocenters. The van der Waals surface area contributed by atoms with Crippen molar-refractivity contribution >= 4 is 23.2 Å². The van der Waals surface area contributed by atoms with E-state index in [2.05, 4.69) is 5.32 Å². The zero-order chi connectivity index (χ0) is 16.0. The van der Waals surface area contributed by atoms with Crippen LogP contribution < -0.4 is 10.2 Å². The number of carboxylic acids is 1. The Morgan fingerprint density at radius 1 is 1.43 bits per heavy atom. The molecule has 0 spiro atoms. The molecule has 118 valence electrons. The van der Waals surface area contributed by atoms with Gasteiger partial charge in [-0.05, 0) is 19.3 Å². The van der Waals surface area contributed by atoms with Crippen molar-refractivity contribution in [1.29, 1.82) is 0 Å². The van der Waals surface area contributed by atoms with Gasteiger partial charge in [0.15, 0.2) is 0 Å². The van der Waals surface area contributed by atoms with Crippen LogP contribution in [0.4, 0.5) is 0 Å². The number of carboxylic acid groups (broad SMARTS) is 1. The minimum absolute atomic E-state index is 0.0151. The van der Waals surface area contributed by atoms with Crippen molar-refractivity contribution in [2.75, 3.05) is 6.54 Å². The summed E-state index contributed by atoms with van der Waals surface area (Å²) in [6.07, 6.45) is 0.842. The lowest BCUT2D eigenvalue weighted by Gasteiger charge is -2.16. The number of nitrogens with one attached hydrogen (secondary N) is 1. The first-order chi connectivity index (χ1) is 9.82. The van der Waals surface area contributed by atoms with Gasteiger partial charge in [0.2, 0.25) is 5.91 Å². The van der Waals surface area contributed by atoms with Crippen molar-refractivity contribution in [3.63, 3.8) is 0 Å². The number of amides is 1. The molecule has 0 saturated heterocycles. The van der Waals surface area contributed by atoms with Crippen LogP contribution in [0.5, 0.6) is 0 Å². The molecule has 0 saturated carbocycles. The van der Waals surface area contributed by atoms with Crippen LogP contribution in [0, 0.1) is 18.8 Å². The molecule has 1 atom stereocenters. The average Bonchev–Trinajstić information content (AvgIpc) is 2.69. The molecule has 0 bridgehead atoms. The lowest BCUT2D eigenvalue weighted by atomic mass is 9.96. The molecule has 0 aromatic carbocycles. The van der Waals surface area contributed by atoms with Crippen molar-refractivity contribution in [2.45, 2.75) is 40.2 Å². The van der Waals surface area contributed by atoms with E-state index < -0.39 is 11.9 Å². The Morgan fingerprint density at radius 3 is 2.57 bits per heavy atom. The summed E-state index contributed by atoms with van der Waals surface area (Å²) in [5.41, 5.74) is 0.899. The van der Waals surface area contributed by atoms with Crippen LogP contribution in [-0.2, 0) is 16.1 Å². The molecule has 0 aliphatic heterocycles. The molecule has 0 aliphatic carbocycles. The molecule has 0 fully saturated rings. The second-order valence-corrected chi connectivity index (χ2v) is 6.21. The van der Waals surface area contributed by atoms with E-state index in [1.807, 2.05) is 20.8 Å². The molecular weight excluding hydrogens is 292 g/mol. The zero-order valence-electron chi connectivity index (χ0n) is 12.6. The number of carbonyl (C=O) groups excluding carboxylic acids is 1. The number of hydrogen-bond donors (Lipinski definition) is 2. The molecule has 1 heterocycles. The van der Waals surface area contributed by atoms with Gasteiger partial charge in [-0.25, -0.2) is 0 Å². The third-order valence-electron chi connectivity index (χ3n) is 3.40. The highest BCUT2D eigenvalue weighted by atomic mass is 32.1. The molecule has 7 heteroatoms. The summed E-state index contributed by atoms with van der Waals surface area (Å²) in [7, 11) is 0. The molecule has 6 nitrogen and oxygen atoms in total. The predicted octanol–water partition coefficient (Wildman–Crippen LogP) is 1.47. The van der Waals surface area contributed by atoms with Gasteiger partial charge in [0, 0.05) is 30.6 Å². The van der Waals surface area contributed by atoms with E-state index in [9.17, 15) is 14.4 Å². The van der Waals surface area contributed by atoms with Crippen LogP contribution in [0.15, 0.2) is 10.2 Å². The normalized spacial score (nSPS) is 12.4. The van der Waals surface area contributed by atoms with Gasteiger partial charge >= 0.3 is 10.8 Å². The maximum atomic E-state index is 11.7. The summed E-state index contributed by atoms with van der Waals surface area (Å²) in [6, 6.07) is 0. The first kappa shape index (κ1) is 17.4. The minimum atomic E-state index is -0.897. The number of rotatable bonds is 8. The number of carbonyl (C=O) groups is 2. The van der Waals surface area contributed by atoms with E-state index in [4.69, 9.17) is 5.11 Å².